The third-order valence-corrected chi connectivity index (χ3v) is 2.83. The van der Waals surface area contributed by atoms with Crippen molar-refractivity contribution in [1.29, 1.82) is 0 Å². The van der Waals surface area contributed by atoms with E-state index in [1.54, 1.807) is 24.3 Å². The Morgan fingerprint density at radius 1 is 1.15 bits per heavy atom. The second-order valence-corrected chi connectivity index (χ2v) is 4.48. The van der Waals surface area contributed by atoms with Gasteiger partial charge >= 0.3 is 0 Å². The molecule has 0 aliphatic rings. The first kappa shape index (κ1) is 13.9. The smallest absolute Gasteiger partial charge is 0.251 e. The molecule has 5 nitrogen and oxygen atoms in total. The Balaban J connectivity index is 1.84. The Labute approximate surface area is 117 Å². The number of carbonyl (C=O) groups excluding carboxylic acids is 2. The predicted molar refractivity (Wildman–Crippen MR) is 77.6 cm³/mol. The van der Waals surface area contributed by atoms with Crippen molar-refractivity contribution in [3.8, 4) is 0 Å². The van der Waals surface area contributed by atoms with Gasteiger partial charge in [0, 0.05) is 37.1 Å². The van der Waals surface area contributed by atoms with Gasteiger partial charge in [-0.2, -0.15) is 0 Å². The van der Waals surface area contributed by atoms with Crippen LogP contribution >= 0.6 is 0 Å². The summed E-state index contributed by atoms with van der Waals surface area (Å²) in [5, 5.41) is 5.52. The highest BCUT2D eigenvalue weighted by Gasteiger charge is 2.05. The summed E-state index contributed by atoms with van der Waals surface area (Å²) in [6.45, 7) is 2.03. The van der Waals surface area contributed by atoms with Crippen LogP contribution in [0.2, 0.25) is 0 Å². The quantitative estimate of drug-likeness (QED) is 0.777. The number of nitrogens with one attached hydrogen (secondary N) is 3. The van der Waals surface area contributed by atoms with Gasteiger partial charge in [0.25, 0.3) is 5.91 Å². The maximum Gasteiger partial charge on any atom is 0.251 e. The molecule has 104 valence electrons. The van der Waals surface area contributed by atoms with E-state index in [4.69, 9.17) is 0 Å². The lowest BCUT2D eigenvalue weighted by atomic mass is 10.2. The number of aromatic amines is 1. The predicted octanol–water partition coefficient (Wildman–Crippen LogP) is 1.95. The zero-order valence-corrected chi connectivity index (χ0v) is 11.3. The molecule has 0 radical (unpaired) electrons. The zero-order valence-electron chi connectivity index (χ0n) is 11.3. The maximum atomic E-state index is 11.9. The van der Waals surface area contributed by atoms with Crippen LogP contribution in [0.3, 0.4) is 0 Å². The summed E-state index contributed by atoms with van der Waals surface area (Å²) in [5.74, 6) is -0.247. The Bertz CT molecular complexity index is 574. The fraction of sp³-hybridized carbons (Fsp3) is 0.200. The van der Waals surface area contributed by atoms with Crippen LogP contribution in [0.25, 0.3) is 0 Å². The van der Waals surface area contributed by atoms with Crippen molar-refractivity contribution in [1.82, 2.24) is 10.3 Å². The molecule has 1 aromatic heterocycles. The highest BCUT2D eigenvalue weighted by molar-refractivity contribution is 5.95. The van der Waals surface area contributed by atoms with Crippen LogP contribution in [-0.4, -0.2) is 23.3 Å². The van der Waals surface area contributed by atoms with Gasteiger partial charge in [0.05, 0.1) is 0 Å². The fourth-order valence-electron chi connectivity index (χ4n) is 1.84. The summed E-state index contributed by atoms with van der Waals surface area (Å²) in [6, 6.07) is 8.78. The monoisotopic (exact) mass is 271 g/mol. The van der Waals surface area contributed by atoms with Crippen LogP contribution in [-0.2, 0) is 11.2 Å². The molecule has 0 unspecified atom stereocenters. The van der Waals surface area contributed by atoms with Crippen molar-refractivity contribution in [3.63, 3.8) is 0 Å². The molecule has 0 spiro atoms. The van der Waals surface area contributed by atoms with Gasteiger partial charge in [0.2, 0.25) is 5.91 Å². The molecule has 0 aliphatic heterocycles. The molecule has 0 bridgehead atoms. The van der Waals surface area contributed by atoms with E-state index < -0.39 is 0 Å². The molecule has 20 heavy (non-hydrogen) atoms. The number of benzene rings is 1. The molecule has 0 fully saturated rings. The van der Waals surface area contributed by atoms with Gasteiger partial charge in [-0.05, 0) is 42.3 Å². The number of hydrogen-bond donors (Lipinski definition) is 3. The fourth-order valence-corrected chi connectivity index (χ4v) is 1.84. The van der Waals surface area contributed by atoms with Crippen LogP contribution < -0.4 is 10.6 Å². The van der Waals surface area contributed by atoms with Crippen molar-refractivity contribution in [2.45, 2.75) is 13.3 Å². The lowest BCUT2D eigenvalue weighted by Crippen LogP contribution is -2.25. The van der Waals surface area contributed by atoms with Gasteiger partial charge in [-0.1, -0.05) is 0 Å². The largest absolute Gasteiger partial charge is 0.367 e. The van der Waals surface area contributed by atoms with E-state index in [1.807, 2.05) is 18.5 Å². The first-order chi connectivity index (χ1) is 9.65. The zero-order chi connectivity index (χ0) is 14.4. The van der Waals surface area contributed by atoms with Crippen LogP contribution in [0, 0.1) is 0 Å². The molecule has 0 saturated carbocycles. The third kappa shape index (κ3) is 3.98. The summed E-state index contributed by atoms with van der Waals surface area (Å²) >= 11 is 0. The minimum atomic E-state index is -0.131. The van der Waals surface area contributed by atoms with E-state index >= 15 is 0 Å². The number of aromatic nitrogens is 1. The van der Waals surface area contributed by atoms with Crippen molar-refractivity contribution in [2.75, 3.05) is 11.9 Å². The molecule has 0 saturated heterocycles. The summed E-state index contributed by atoms with van der Waals surface area (Å²) in [5.41, 5.74) is 2.42. The number of H-pyrrole nitrogens is 1. The lowest BCUT2D eigenvalue weighted by Gasteiger charge is -2.06. The maximum absolute atomic E-state index is 11.9. The minimum Gasteiger partial charge on any atom is -0.367 e. The molecule has 2 rings (SSSR count). The summed E-state index contributed by atoms with van der Waals surface area (Å²) in [7, 11) is 0. The average molecular weight is 271 g/mol. The molecule has 0 atom stereocenters. The summed E-state index contributed by atoms with van der Waals surface area (Å²) in [6.07, 6.45) is 4.56. The molecule has 2 aromatic rings. The highest BCUT2D eigenvalue weighted by atomic mass is 16.2. The lowest BCUT2D eigenvalue weighted by molar-refractivity contribution is -0.114. The molecule has 1 heterocycles. The number of hydrogen-bond acceptors (Lipinski definition) is 2. The van der Waals surface area contributed by atoms with E-state index in [-0.39, 0.29) is 11.8 Å². The van der Waals surface area contributed by atoms with Crippen molar-refractivity contribution in [3.05, 3.63) is 53.9 Å². The molecule has 2 amide bonds. The Hall–Kier alpha value is -2.56. The van der Waals surface area contributed by atoms with Gasteiger partial charge in [0.1, 0.15) is 0 Å². The number of carbonyl (C=O) groups is 2. The standard InChI is InChI=1S/C15H17N3O2/c1-11(19)18-14-4-2-13(3-5-14)15(20)17-9-7-12-6-8-16-10-12/h2-6,8,10,16H,7,9H2,1H3,(H,17,20)(H,18,19). The number of amides is 2. The highest BCUT2D eigenvalue weighted by Crippen LogP contribution is 2.09. The van der Waals surface area contributed by atoms with Gasteiger partial charge in [0.15, 0.2) is 0 Å². The molecule has 3 N–H and O–H groups in total. The first-order valence-corrected chi connectivity index (χ1v) is 6.42. The van der Waals surface area contributed by atoms with Crippen LogP contribution in [0.5, 0.6) is 0 Å². The number of rotatable bonds is 5. The Morgan fingerprint density at radius 3 is 2.50 bits per heavy atom. The van der Waals surface area contributed by atoms with E-state index in [2.05, 4.69) is 15.6 Å². The molecule has 5 heteroatoms. The second kappa shape index (κ2) is 6.56. The molecule has 1 aromatic carbocycles. The van der Waals surface area contributed by atoms with Crippen molar-refractivity contribution < 1.29 is 9.59 Å². The SMILES string of the molecule is CC(=O)Nc1ccc(C(=O)NCCc2cc[nH]c2)cc1. The minimum absolute atomic E-state index is 0.116. The average Bonchev–Trinajstić information content (AvgIpc) is 2.92. The van der Waals surface area contributed by atoms with E-state index in [9.17, 15) is 9.59 Å². The second-order valence-electron chi connectivity index (χ2n) is 4.48. The van der Waals surface area contributed by atoms with Crippen molar-refractivity contribution in [2.24, 2.45) is 0 Å². The van der Waals surface area contributed by atoms with E-state index in [0.717, 1.165) is 12.0 Å². The van der Waals surface area contributed by atoms with E-state index in [0.29, 0.717) is 17.8 Å². The molecule has 0 aliphatic carbocycles. The first-order valence-electron chi connectivity index (χ1n) is 6.42. The van der Waals surface area contributed by atoms with Gasteiger partial charge in [-0.3, -0.25) is 9.59 Å². The number of anilines is 1. The van der Waals surface area contributed by atoms with Crippen LogP contribution in [0.4, 0.5) is 5.69 Å². The van der Waals surface area contributed by atoms with Gasteiger partial charge < -0.3 is 15.6 Å². The van der Waals surface area contributed by atoms with Crippen molar-refractivity contribution >= 4 is 17.5 Å². The normalized spacial score (nSPS) is 10.1. The van der Waals surface area contributed by atoms with Gasteiger partial charge in [-0.15, -0.1) is 0 Å². The molecular formula is C15H17N3O2. The Morgan fingerprint density at radius 2 is 1.90 bits per heavy atom. The topological polar surface area (TPSA) is 74.0 Å². The van der Waals surface area contributed by atoms with Crippen LogP contribution in [0.1, 0.15) is 22.8 Å². The van der Waals surface area contributed by atoms with Gasteiger partial charge in [-0.25, -0.2) is 0 Å². The Kier molecular flexibility index (Phi) is 4.55. The third-order valence-electron chi connectivity index (χ3n) is 2.83. The van der Waals surface area contributed by atoms with E-state index in [1.165, 1.54) is 6.92 Å². The molecular weight excluding hydrogens is 254 g/mol. The summed E-state index contributed by atoms with van der Waals surface area (Å²) in [4.78, 5) is 25.8. The van der Waals surface area contributed by atoms with Crippen LogP contribution in [0.15, 0.2) is 42.7 Å². The summed E-state index contributed by atoms with van der Waals surface area (Å²) < 4.78 is 0.